The number of hydrogen-bond acceptors (Lipinski definition) is 4. The van der Waals surface area contributed by atoms with Gasteiger partial charge in [0.25, 0.3) is 0 Å². The molecule has 0 spiro atoms. The fourth-order valence-corrected chi connectivity index (χ4v) is 2.26. The lowest BCUT2D eigenvalue weighted by Gasteiger charge is -2.30. The van der Waals surface area contributed by atoms with Gasteiger partial charge in [0, 0.05) is 32.4 Å². The summed E-state index contributed by atoms with van der Waals surface area (Å²) in [6.07, 6.45) is 0. The van der Waals surface area contributed by atoms with Crippen LogP contribution >= 0.6 is 0 Å². The van der Waals surface area contributed by atoms with Crippen molar-refractivity contribution < 1.29 is 9.47 Å². The average molecular weight is 292 g/mol. The third kappa shape index (κ3) is 4.91. The molecule has 0 amide bonds. The lowest BCUT2D eigenvalue weighted by Crippen LogP contribution is -2.37. The van der Waals surface area contributed by atoms with Crippen molar-refractivity contribution in [3.63, 3.8) is 0 Å². The molecule has 0 aliphatic carbocycles. The number of anilines is 1. The number of guanidine groups is 1. The number of nitrogens with two attached hydrogens (primary N) is 1. The second kappa shape index (κ2) is 8.49. The Kier molecular flexibility index (Phi) is 6.30. The van der Waals surface area contributed by atoms with E-state index in [0.29, 0.717) is 25.7 Å². The number of morpholine rings is 1. The maximum atomic E-state index is 5.84. The zero-order valence-electron chi connectivity index (χ0n) is 12.5. The maximum absolute atomic E-state index is 5.84. The minimum absolute atomic E-state index is 0.448. The summed E-state index contributed by atoms with van der Waals surface area (Å²) in [6, 6.07) is 8.31. The van der Waals surface area contributed by atoms with Crippen molar-refractivity contribution >= 4 is 11.6 Å². The first-order valence-electron chi connectivity index (χ1n) is 7.24. The Balaban J connectivity index is 1.97. The predicted molar refractivity (Wildman–Crippen MR) is 84.7 cm³/mol. The van der Waals surface area contributed by atoms with Crippen LogP contribution in [-0.2, 0) is 16.0 Å². The molecule has 0 saturated carbocycles. The largest absolute Gasteiger partial charge is 0.383 e. The van der Waals surface area contributed by atoms with Gasteiger partial charge in [-0.15, -0.1) is 0 Å². The number of rotatable bonds is 6. The van der Waals surface area contributed by atoms with Crippen molar-refractivity contribution in [3.8, 4) is 0 Å². The summed E-state index contributed by atoms with van der Waals surface area (Å²) in [7, 11) is 1.66. The van der Waals surface area contributed by atoms with Gasteiger partial charge in [-0.25, -0.2) is 4.99 Å². The van der Waals surface area contributed by atoms with E-state index in [-0.39, 0.29) is 0 Å². The smallest absolute Gasteiger partial charge is 0.188 e. The molecule has 0 radical (unpaired) electrons. The summed E-state index contributed by atoms with van der Waals surface area (Å²) in [5, 5.41) is 3.02. The Labute approximate surface area is 125 Å². The standard InChI is InChI=1S/C15H24N4O2/c1-20-9-6-17-15(16)18-12-13-4-2-3-5-14(13)19-7-10-21-11-8-19/h2-5H,6-12H2,1H3,(H3,16,17,18). The number of benzene rings is 1. The molecule has 3 N–H and O–H groups in total. The number of nitrogens with one attached hydrogen (secondary N) is 1. The number of methoxy groups -OCH3 is 1. The molecule has 1 saturated heterocycles. The minimum atomic E-state index is 0.448. The first-order valence-corrected chi connectivity index (χ1v) is 7.24. The molecule has 0 bridgehead atoms. The fraction of sp³-hybridized carbons (Fsp3) is 0.533. The molecule has 2 rings (SSSR count). The molecule has 6 heteroatoms. The Hall–Kier alpha value is -1.79. The zero-order chi connectivity index (χ0) is 14.9. The first-order chi connectivity index (χ1) is 10.3. The van der Waals surface area contributed by atoms with E-state index in [0.717, 1.165) is 26.3 Å². The molecule has 1 aliphatic heterocycles. The molecule has 0 aromatic heterocycles. The fourth-order valence-electron chi connectivity index (χ4n) is 2.26. The highest BCUT2D eigenvalue weighted by Gasteiger charge is 2.13. The third-order valence-electron chi connectivity index (χ3n) is 3.38. The van der Waals surface area contributed by atoms with Gasteiger partial charge < -0.3 is 25.4 Å². The second-order valence-corrected chi connectivity index (χ2v) is 4.85. The van der Waals surface area contributed by atoms with E-state index >= 15 is 0 Å². The summed E-state index contributed by atoms with van der Waals surface area (Å²) in [4.78, 5) is 6.73. The minimum Gasteiger partial charge on any atom is -0.383 e. The van der Waals surface area contributed by atoms with E-state index < -0.39 is 0 Å². The van der Waals surface area contributed by atoms with E-state index in [1.165, 1.54) is 11.3 Å². The summed E-state index contributed by atoms with van der Waals surface area (Å²) in [6.45, 7) is 5.23. The molecular weight excluding hydrogens is 268 g/mol. The highest BCUT2D eigenvalue weighted by atomic mass is 16.5. The zero-order valence-corrected chi connectivity index (χ0v) is 12.5. The van der Waals surface area contributed by atoms with Gasteiger partial charge >= 0.3 is 0 Å². The molecule has 1 aromatic rings. The van der Waals surface area contributed by atoms with Gasteiger partial charge in [0.05, 0.1) is 26.4 Å². The molecule has 1 aliphatic rings. The Morgan fingerprint density at radius 1 is 1.38 bits per heavy atom. The highest BCUT2D eigenvalue weighted by molar-refractivity contribution is 5.77. The van der Waals surface area contributed by atoms with Crippen molar-refractivity contribution in [1.29, 1.82) is 0 Å². The van der Waals surface area contributed by atoms with Crippen LogP contribution in [0.2, 0.25) is 0 Å². The lowest BCUT2D eigenvalue weighted by atomic mass is 10.1. The van der Waals surface area contributed by atoms with E-state index in [1.807, 2.05) is 6.07 Å². The lowest BCUT2D eigenvalue weighted by molar-refractivity contribution is 0.122. The van der Waals surface area contributed by atoms with Gasteiger partial charge in [-0.2, -0.15) is 0 Å². The van der Waals surface area contributed by atoms with E-state index in [2.05, 4.69) is 33.4 Å². The third-order valence-corrected chi connectivity index (χ3v) is 3.38. The normalized spacial score (nSPS) is 16.0. The number of para-hydroxylation sites is 1. The Bertz CT molecular complexity index is 459. The molecular formula is C15H24N4O2. The van der Waals surface area contributed by atoms with Crippen molar-refractivity contribution in [2.75, 3.05) is 51.5 Å². The summed E-state index contributed by atoms with van der Waals surface area (Å²) < 4.78 is 10.4. The predicted octanol–water partition coefficient (Wildman–Crippen LogP) is 0.574. The number of hydrogen-bond donors (Lipinski definition) is 2. The van der Waals surface area contributed by atoms with Crippen LogP contribution in [0.1, 0.15) is 5.56 Å². The van der Waals surface area contributed by atoms with Gasteiger partial charge in [0.2, 0.25) is 0 Å². The monoisotopic (exact) mass is 292 g/mol. The van der Waals surface area contributed by atoms with Gasteiger partial charge in [0.15, 0.2) is 5.96 Å². The average Bonchev–Trinajstić information content (AvgIpc) is 2.54. The van der Waals surface area contributed by atoms with Crippen LogP contribution < -0.4 is 16.0 Å². The van der Waals surface area contributed by atoms with Crippen molar-refractivity contribution in [3.05, 3.63) is 29.8 Å². The van der Waals surface area contributed by atoms with Crippen LogP contribution in [0.15, 0.2) is 29.3 Å². The van der Waals surface area contributed by atoms with Gasteiger partial charge in [-0.3, -0.25) is 0 Å². The Morgan fingerprint density at radius 3 is 2.90 bits per heavy atom. The molecule has 0 atom stereocenters. The topological polar surface area (TPSA) is 72.1 Å². The molecule has 0 unspecified atom stereocenters. The van der Waals surface area contributed by atoms with Crippen LogP contribution in [0.25, 0.3) is 0 Å². The molecule has 1 heterocycles. The first kappa shape index (κ1) is 15.6. The highest BCUT2D eigenvalue weighted by Crippen LogP contribution is 2.22. The van der Waals surface area contributed by atoms with Gasteiger partial charge in [-0.1, -0.05) is 18.2 Å². The molecule has 116 valence electrons. The van der Waals surface area contributed by atoms with Crippen LogP contribution in [0.4, 0.5) is 5.69 Å². The number of nitrogens with zero attached hydrogens (tertiary/aromatic N) is 2. The summed E-state index contributed by atoms with van der Waals surface area (Å²) in [5.41, 5.74) is 8.23. The van der Waals surface area contributed by atoms with Crippen LogP contribution in [0, 0.1) is 0 Å². The van der Waals surface area contributed by atoms with Crippen LogP contribution in [0.3, 0.4) is 0 Å². The Morgan fingerprint density at radius 2 is 2.14 bits per heavy atom. The summed E-state index contributed by atoms with van der Waals surface area (Å²) in [5.74, 6) is 0.448. The van der Waals surface area contributed by atoms with Gasteiger partial charge in [-0.05, 0) is 11.6 Å². The quantitative estimate of drug-likeness (QED) is 0.456. The number of ether oxygens (including phenoxy) is 2. The van der Waals surface area contributed by atoms with Crippen molar-refractivity contribution in [1.82, 2.24) is 5.32 Å². The van der Waals surface area contributed by atoms with E-state index in [4.69, 9.17) is 15.2 Å². The van der Waals surface area contributed by atoms with Gasteiger partial charge in [0.1, 0.15) is 0 Å². The maximum Gasteiger partial charge on any atom is 0.188 e. The van der Waals surface area contributed by atoms with E-state index in [1.54, 1.807) is 7.11 Å². The van der Waals surface area contributed by atoms with Crippen LogP contribution in [0.5, 0.6) is 0 Å². The molecule has 6 nitrogen and oxygen atoms in total. The number of aliphatic imine (C=N–C) groups is 1. The molecule has 1 fully saturated rings. The molecule has 1 aromatic carbocycles. The second-order valence-electron chi connectivity index (χ2n) is 4.85. The summed E-state index contributed by atoms with van der Waals surface area (Å²) >= 11 is 0. The van der Waals surface area contributed by atoms with Crippen molar-refractivity contribution in [2.45, 2.75) is 6.54 Å². The van der Waals surface area contributed by atoms with E-state index in [9.17, 15) is 0 Å². The van der Waals surface area contributed by atoms with Crippen LogP contribution in [-0.4, -0.2) is 52.5 Å². The SMILES string of the molecule is COCCNC(N)=NCc1ccccc1N1CCOCC1. The molecule has 21 heavy (non-hydrogen) atoms. The van der Waals surface area contributed by atoms with Crippen molar-refractivity contribution in [2.24, 2.45) is 10.7 Å².